The van der Waals surface area contributed by atoms with E-state index in [1.54, 1.807) is 12.2 Å². The van der Waals surface area contributed by atoms with Gasteiger partial charge in [-0.1, -0.05) is 160 Å². The first-order chi connectivity index (χ1) is 29.1. The monoisotopic (exact) mass is 907 g/mol. The number of hydrogen-bond donors (Lipinski definition) is 4. The Labute approximate surface area is 366 Å². The van der Waals surface area contributed by atoms with E-state index in [1.165, 1.54) is 83.1 Å². The number of phosphoric acid groups is 2. The van der Waals surface area contributed by atoms with Gasteiger partial charge in [0, 0.05) is 19.3 Å². The zero-order valence-electron chi connectivity index (χ0n) is 37.4. The molecule has 14 nitrogen and oxygen atoms in total. The number of ether oxygens (including phenoxy) is 2. The Hall–Kier alpha value is -2.25. The molecule has 0 aromatic carbocycles. The van der Waals surface area contributed by atoms with Gasteiger partial charge in [0.1, 0.15) is 12.7 Å². The minimum absolute atomic E-state index is 0.0824. The minimum Gasteiger partial charge on any atom is -0.462 e. The summed E-state index contributed by atoms with van der Waals surface area (Å²) in [5.74, 6) is -0.654. The predicted octanol–water partition coefficient (Wildman–Crippen LogP) is 10.9. The Morgan fingerprint density at radius 3 is 1.72 bits per heavy atom. The molecule has 0 saturated heterocycles. The highest BCUT2D eigenvalue weighted by atomic mass is 31.2. The zero-order valence-corrected chi connectivity index (χ0v) is 39.2. The van der Waals surface area contributed by atoms with Crippen LogP contribution in [0.15, 0.2) is 48.6 Å². The van der Waals surface area contributed by atoms with Gasteiger partial charge in [-0.3, -0.25) is 28.0 Å². The lowest BCUT2D eigenvalue weighted by atomic mass is 10.0. The van der Waals surface area contributed by atoms with Gasteiger partial charge < -0.3 is 29.3 Å². The van der Waals surface area contributed by atoms with E-state index < -0.39 is 66.2 Å². The van der Waals surface area contributed by atoms with Gasteiger partial charge in [-0.15, -0.1) is 0 Å². The molecule has 0 fully saturated rings. The van der Waals surface area contributed by atoms with Crippen molar-refractivity contribution >= 4 is 33.4 Å². The van der Waals surface area contributed by atoms with Crippen LogP contribution in [0.3, 0.4) is 0 Å². The van der Waals surface area contributed by atoms with Crippen LogP contribution in [0.1, 0.15) is 175 Å². The van der Waals surface area contributed by atoms with Gasteiger partial charge in [-0.2, -0.15) is 0 Å². The van der Waals surface area contributed by atoms with E-state index >= 15 is 0 Å². The average Bonchev–Trinajstić information content (AvgIpc) is 3.20. The molecule has 16 heteroatoms. The normalized spacial score (nSPS) is 14.4. The van der Waals surface area contributed by atoms with Crippen LogP contribution in [-0.4, -0.2) is 76.1 Å². The van der Waals surface area contributed by atoms with Gasteiger partial charge in [0.2, 0.25) is 0 Å². The van der Waals surface area contributed by atoms with Crippen LogP contribution in [0, 0.1) is 5.92 Å². The SMILES string of the molecule is CCCCC/C=C\C/C=C\C/C=C\C=C\C(=O)CCCC(=O)OC[C@H](COP(=O)(O)OC[C@@H](O)COP(=O)(O)O)OC(=O)CCCCCCCCCCCCCCCC(C)C. The summed E-state index contributed by atoms with van der Waals surface area (Å²) in [6, 6.07) is 0. The van der Waals surface area contributed by atoms with Crippen molar-refractivity contribution in [1.82, 2.24) is 0 Å². The molecule has 61 heavy (non-hydrogen) atoms. The maximum absolute atomic E-state index is 12.7. The van der Waals surface area contributed by atoms with Crippen LogP contribution in [0.4, 0.5) is 0 Å². The summed E-state index contributed by atoms with van der Waals surface area (Å²) in [7, 11) is -9.75. The van der Waals surface area contributed by atoms with Crippen molar-refractivity contribution in [2.75, 3.05) is 26.4 Å². The molecule has 0 aromatic rings. The van der Waals surface area contributed by atoms with Gasteiger partial charge in [-0.05, 0) is 50.5 Å². The molecular formula is C45H80O14P2. The van der Waals surface area contributed by atoms with E-state index in [9.17, 15) is 33.5 Å². The largest absolute Gasteiger partial charge is 0.472 e. The summed E-state index contributed by atoms with van der Waals surface area (Å²) in [6.45, 7) is 3.78. The number of unbranched alkanes of at least 4 members (excludes halogenated alkanes) is 15. The average molecular weight is 907 g/mol. The molecule has 0 amide bonds. The summed E-state index contributed by atoms with van der Waals surface area (Å²) in [5.41, 5.74) is 0. The van der Waals surface area contributed by atoms with Crippen LogP contribution in [0.25, 0.3) is 0 Å². The first-order valence-electron chi connectivity index (χ1n) is 22.6. The number of aliphatic hydroxyl groups excluding tert-OH is 1. The smallest absolute Gasteiger partial charge is 0.462 e. The van der Waals surface area contributed by atoms with Crippen LogP contribution in [-0.2, 0) is 46.6 Å². The number of ketones is 1. The molecule has 0 bridgehead atoms. The van der Waals surface area contributed by atoms with Gasteiger partial charge in [0.05, 0.1) is 19.8 Å². The van der Waals surface area contributed by atoms with Crippen molar-refractivity contribution in [3.8, 4) is 0 Å². The van der Waals surface area contributed by atoms with Gasteiger partial charge >= 0.3 is 27.6 Å². The first-order valence-corrected chi connectivity index (χ1v) is 25.7. The number of rotatable bonds is 42. The summed E-state index contributed by atoms with van der Waals surface area (Å²) < 4.78 is 47.6. The lowest BCUT2D eigenvalue weighted by Crippen LogP contribution is -2.30. The first kappa shape index (κ1) is 58.8. The summed E-state index contributed by atoms with van der Waals surface area (Å²) in [6.07, 6.45) is 35.4. The predicted molar refractivity (Wildman–Crippen MR) is 239 cm³/mol. The van der Waals surface area contributed by atoms with E-state index in [0.29, 0.717) is 6.42 Å². The standard InChI is InChI=1S/C45H80O14P2/c1-4-5-6-7-8-9-10-12-16-19-22-25-28-32-41(46)33-30-35-44(48)55-38-43(39-58-61(53,54)57-37-42(47)36-56-60(50,51)52)59-45(49)34-29-26-23-20-17-14-11-13-15-18-21-24-27-31-40(2)3/h8-9,12,16,22,25,28,32,40,42-43,47H,4-7,10-11,13-15,17-21,23-24,26-27,29-31,33-39H2,1-3H3,(H,53,54)(H2,50,51,52)/b9-8-,16-12-,25-22-,32-28+/t42-,43+/m0/s1. The van der Waals surface area contributed by atoms with Gasteiger partial charge in [0.15, 0.2) is 11.9 Å². The van der Waals surface area contributed by atoms with Crippen LogP contribution in [0.2, 0.25) is 0 Å². The second-order valence-electron chi connectivity index (χ2n) is 15.8. The molecular weight excluding hydrogens is 826 g/mol. The molecule has 0 aliphatic rings. The third kappa shape index (κ3) is 44.2. The maximum atomic E-state index is 12.7. The van der Waals surface area contributed by atoms with Crippen LogP contribution >= 0.6 is 15.6 Å². The Balaban J connectivity index is 4.67. The molecule has 4 N–H and O–H groups in total. The highest BCUT2D eigenvalue weighted by Crippen LogP contribution is 2.43. The number of carbonyl (C=O) groups is 3. The topological polar surface area (TPSA) is 212 Å². The fourth-order valence-corrected chi connectivity index (χ4v) is 7.05. The number of carbonyl (C=O) groups excluding carboxylic acids is 3. The van der Waals surface area contributed by atoms with E-state index in [1.807, 2.05) is 6.08 Å². The van der Waals surface area contributed by atoms with Crippen molar-refractivity contribution in [1.29, 1.82) is 0 Å². The third-order valence-electron chi connectivity index (χ3n) is 9.36. The molecule has 3 atom stereocenters. The maximum Gasteiger partial charge on any atom is 0.472 e. The molecule has 0 aliphatic carbocycles. The third-order valence-corrected chi connectivity index (χ3v) is 10.8. The summed E-state index contributed by atoms with van der Waals surface area (Å²) in [5, 5.41) is 9.75. The summed E-state index contributed by atoms with van der Waals surface area (Å²) in [4.78, 5) is 64.9. The Bertz CT molecular complexity index is 1340. The van der Waals surface area contributed by atoms with Gasteiger partial charge in [-0.25, -0.2) is 9.13 Å². The molecule has 0 radical (unpaired) electrons. The van der Waals surface area contributed by atoms with Crippen LogP contribution < -0.4 is 0 Å². The van der Waals surface area contributed by atoms with Crippen molar-refractivity contribution in [2.24, 2.45) is 5.92 Å². The van der Waals surface area contributed by atoms with E-state index in [4.69, 9.17) is 23.8 Å². The molecule has 0 rings (SSSR count). The highest BCUT2D eigenvalue weighted by molar-refractivity contribution is 7.47. The number of hydrogen-bond acceptors (Lipinski definition) is 11. The number of phosphoric ester groups is 2. The van der Waals surface area contributed by atoms with Crippen molar-refractivity contribution in [2.45, 2.75) is 187 Å². The minimum atomic E-state index is -4.89. The second kappa shape index (κ2) is 39.3. The number of aliphatic hydroxyl groups is 1. The molecule has 354 valence electrons. The van der Waals surface area contributed by atoms with Crippen molar-refractivity contribution < 1.29 is 66.3 Å². The Morgan fingerprint density at radius 1 is 0.574 bits per heavy atom. The molecule has 0 aliphatic heterocycles. The molecule has 1 unspecified atom stereocenters. The fraction of sp³-hybridized carbons (Fsp3) is 0.756. The Kier molecular flexibility index (Phi) is 37.9. The number of allylic oxidation sites excluding steroid dienone is 8. The molecule has 0 heterocycles. The lowest BCUT2D eigenvalue weighted by molar-refractivity contribution is -0.161. The second-order valence-corrected chi connectivity index (χ2v) is 18.5. The van der Waals surface area contributed by atoms with Crippen molar-refractivity contribution in [3.05, 3.63) is 48.6 Å². The zero-order chi connectivity index (χ0) is 45.5. The lowest BCUT2D eigenvalue weighted by Gasteiger charge is -2.20. The van der Waals surface area contributed by atoms with E-state index in [0.717, 1.165) is 50.9 Å². The highest BCUT2D eigenvalue weighted by Gasteiger charge is 2.28. The summed E-state index contributed by atoms with van der Waals surface area (Å²) >= 11 is 0. The molecule has 0 saturated carbocycles. The quantitative estimate of drug-likeness (QED) is 0.0112. The van der Waals surface area contributed by atoms with Crippen LogP contribution in [0.5, 0.6) is 0 Å². The number of esters is 2. The fourth-order valence-electron chi connectivity index (χ4n) is 5.90. The molecule has 0 aromatic heterocycles. The Morgan fingerprint density at radius 2 is 1.11 bits per heavy atom. The van der Waals surface area contributed by atoms with Crippen molar-refractivity contribution in [3.63, 3.8) is 0 Å². The van der Waals surface area contributed by atoms with E-state index in [-0.39, 0.29) is 31.5 Å². The van der Waals surface area contributed by atoms with E-state index in [2.05, 4.69) is 54.1 Å². The van der Waals surface area contributed by atoms with Gasteiger partial charge in [0.25, 0.3) is 0 Å². The molecule has 0 spiro atoms.